The molecule has 1 aliphatic rings. The highest BCUT2D eigenvalue weighted by atomic mass is 16.5. The molecule has 0 amide bonds. The zero-order valence-electron chi connectivity index (χ0n) is 17.9. The number of benzene rings is 1. The van der Waals surface area contributed by atoms with Gasteiger partial charge in [0.25, 0.3) is 0 Å². The summed E-state index contributed by atoms with van der Waals surface area (Å²) in [5, 5.41) is 9.69. The van der Waals surface area contributed by atoms with Crippen molar-refractivity contribution in [2.45, 2.75) is 65.7 Å². The van der Waals surface area contributed by atoms with Crippen LogP contribution in [0.15, 0.2) is 35.9 Å². The second kappa shape index (κ2) is 10.4. The van der Waals surface area contributed by atoms with Crippen LogP contribution < -0.4 is 9.47 Å². The molecule has 1 aromatic rings. The van der Waals surface area contributed by atoms with Gasteiger partial charge in [0.05, 0.1) is 6.61 Å². The fraction of sp³-hybridized carbons (Fsp3) is 0.500. The first-order chi connectivity index (χ1) is 13.8. The Morgan fingerprint density at radius 3 is 2.17 bits per heavy atom. The maximum Gasteiger partial charge on any atom is 0.308 e. The average molecular weight is 401 g/mol. The van der Waals surface area contributed by atoms with Gasteiger partial charge in [0, 0.05) is 25.3 Å². The minimum atomic E-state index is -0.429. The van der Waals surface area contributed by atoms with Gasteiger partial charge in [0.15, 0.2) is 0 Å². The molecule has 29 heavy (non-hydrogen) atoms. The predicted molar refractivity (Wildman–Crippen MR) is 113 cm³/mol. The predicted octanol–water partition coefficient (Wildman–Crippen LogP) is 4.87. The number of aryl methyl sites for hydroxylation is 1. The molecule has 0 unspecified atom stereocenters. The number of allylic oxidation sites excluding steroid dienone is 2. The van der Waals surface area contributed by atoms with E-state index in [1.807, 2.05) is 25.1 Å². The Hall–Kier alpha value is -2.40. The summed E-state index contributed by atoms with van der Waals surface area (Å²) in [5.74, 6) is -0.144. The van der Waals surface area contributed by atoms with Crippen molar-refractivity contribution < 1.29 is 24.2 Å². The molecule has 0 spiro atoms. The second-order valence-corrected chi connectivity index (χ2v) is 7.80. The highest BCUT2D eigenvalue weighted by Gasteiger charge is 2.32. The number of unbranched alkanes of at least 4 members (excludes halogenated alkanes) is 1. The Kier molecular flexibility index (Phi) is 8.21. The second-order valence-electron chi connectivity index (χ2n) is 7.80. The van der Waals surface area contributed by atoms with Crippen LogP contribution in [0.1, 0.15) is 70.4 Å². The summed E-state index contributed by atoms with van der Waals surface area (Å²) in [7, 11) is 0. The van der Waals surface area contributed by atoms with Gasteiger partial charge in [-0.3, -0.25) is 9.59 Å². The summed E-state index contributed by atoms with van der Waals surface area (Å²) in [4.78, 5) is 23.7. The van der Waals surface area contributed by atoms with Crippen molar-refractivity contribution in [3.8, 4) is 11.5 Å². The molecule has 158 valence electrons. The SMILES string of the molecule is C=C(C)[C@@H]1CCC(CO)=C[C@H]1c1c(OC(C)=O)cc(CCCC)cc1OC(C)=O. The zero-order valence-corrected chi connectivity index (χ0v) is 17.9. The van der Waals surface area contributed by atoms with Gasteiger partial charge in [-0.05, 0) is 61.8 Å². The molecule has 2 atom stereocenters. The third-order valence-electron chi connectivity index (χ3n) is 5.28. The Morgan fingerprint density at radius 1 is 1.14 bits per heavy atom. The van der Waals surface area contributed by atoms with Gasteiger partial charge in [0.2, 0.25) is 0 Å². The standard InChI is InChI=1S/C24H32O5/c1-6-7-8-18-12-22(28-16(4)26)24(23(13-18)29-17(5)27)21-11-19(14-25)9-10-20(21)15(2)3/h11-13,20-21,25H,2,6-10,14H2,1,3-5H3/t20-,21+/m0/s1. The maximum absolute atomic E-state index is 11.8. The van der Waals surface area contributed by atoms with Gasteiger partial charge < -0.3 is 14.6 Å². The van der Waals surface area contributed by atoms with Gasteiger partial charge in [-0.25, -0.2) is 0 Å². The van der Waals surface area contributed by atoms with E-state index < -0.39 is 11.9 Å². The van der Waals surface area contributed by atoms with Crippen molar-refractivity contribution in [3.63, 3.8) is 0 Å². The number of hydrogen-bond donors (Lipinski definition) is 1. The van der Waals surface area contributed by atoms with Crippen molar-refractivity contribution in [1.82, 2.24) is 0 Å². The first kappa shape index (κ1) is 22.9. The molecule has 0 saturated heterocycles. The van der Waals surface area contributed by atoms with Crippen molar-refractivity contribution in [2.75, 3.05) is 6.61 Å². The van der Waals surface area contributed by atoms with E-state index in [0.29, 0.717) is 17.1 Å². The maximum atomic E-state index is 11.8. The Balaban J connectivity index is 2.70. The van der Waals surface area contributed by atoms with Crippen LogP contribution in [0.5, 0.6) is 11.5 Å². The molecule has 0 aromatic heterocycles. The molecular formula is C24H32O5. The van der Waals surface area contributed by atoms with E-state index >= 15 is 0 Å². The number of hydrogen-bond acceptors (Lipinski definition) is 5. The number of ether oxygens (including phenoxy) is 2. The molecular weight excluding hydrogens is 368 g/mol. The fourth-order valence-electron chi connectivity index (χ4n) is 3.93. The Morgan fingerprint density at radius 2 is 1.72 bits per heavy atom. The van der Waals surface area contributed by atoms with Crippen molar-refractivity contribution in [3.05, 3.63) is 47.1 Å². The van der Waals surface area contributed by atoms with Gasteiger partial charge in [-0.1, -0.05) is 31.6 Å². The first-order valence-electron chi connectivity index (χ1n) is 10.3. The Bertz CT molecular complexity index is 768. The highest BCUT2D eigenvalue weighted by molar-refractivity contribution is 5.73. The van der Waals surface area contributed by atoms with E-state index in [4.69, 9.17) is 9.47 Å². The first-order valence-corrected chi connectivity index (χ1v) is 10.3. The molecule has 5 heteroatoms. The van der Waals surface area contributed by atoms with Crippen LogP contribution in [0.3, 0.4) is 0 Å². The number of carbonyl (C=O) groups is 2. The Labute approximate surface area is 173 Å². The quantitative estimate of drug-likeness (QED) is 0.383. The largest absolute Gasteiger partial charge is 0.426 e. The molecule has 1 aromatic carbocycles. The highest BCUT2D eigenvalue weighted by Crippen LogP contribution is 2.47. The summed E-state index contributed by atoms with van der Waals surface area (Å²) in [6.07, 6.45) is 6.41. The van der Waals surface area contributed by atoms with E-state index in [1.165, 1.54) is 13.8 Å². The molecule has 0 aliphatic heterocycles. The topological polar surface area (TPSA) is 72.8 Å². The number of aliphatic hydroxyl groups excluding tert-OH is 1. The summed E-state index contributed by atoms with van der Waals surface area (Å²) >= 11 is 0. The average Bonchev–Trinajstić information content (AvgIpc) is 2.64. The number of rotatable bonds is 8. The van der Waals surface area contributed by atoms with Gasteiger partial charge >= 0.3 is 11.9 Å². The molecule has 0 fully saturated rings. The number of aliphatic hydroxyl groups is 1. The van der Waals surface area contributed by atoms with E-state index in [0.717, 1.165) is 48.8 Å². The lowest BCUT2D eigenvalue weighted by Crippen LogP contribution is -2.21. The van der Waals surface area contributed by atoms with Gasteiger partial charge in [-0.2, -0.15) is 0 Å². The van der Waals surface area contributed by atoms with Crippen LogP contribution in [-0.4, -0.2) is 23.7 Å². The van der Waals surface area contributed by atoms with E-state index in [9.17, 15) is 14.7 Å². The lowest BCUT2D eigenvalue weighted by atomic mass is 9.73. The fourth-order valence-corrected chi connectivity index (χ4v) is 3.93. The van der Waals surface area contributed by atoms with Crippen molar-refractivity contribution >= 4 is 11.9 Å². The van der Waals surface area contributed by atoms with Crippen molar-refractivity contribution in [1.29, 1.82) is 0 Å². The summed E-state index contributed by atoms with van der Waals surface area (Å²) in [6.45, 7) is 10.9. The molecule has 2 rings (SSSR count). The minimum absolute atomic E-state index is 0.0280. The van der Waals surface area contributed by atoms with Crippen LogP contribution >= 0.6 is 0 Å². The van der Waals surface area contributed by atoms with Crippen LogP contribution in [0.4, 0.5) is 0 Å². The van der Waals surface area contributed by atoms with E-state index in [-0.39, 0.29) is 18.4 Å². The van der Waals surface area contributed by atoms with Crippen LogP contribution in [-0.2, 0) is 16.0 Å². The van der Waals surface area contributed by atoms with Crippen molar-refractivity contribution in [2.24, 2.45) is 5.92 Å². The molecule has 5 nitrogen and oxygen atoms in total. The third kappa shape index (κ3) is 6.04. The number of esters is 2. The molecule has 0 heterocycles. The van der Waals surface area contributed by atoms with Crippen LogP contribution in [0.25, 0.3) is 0 Å². The molecule has 0 saturated carbocycles. The lowest BCUT2D eigenvalue weighted by molar-refractivity contribution is -0.132. The third-order valence-corrected chi connectivity index (χ3v) is 5.28. The summed E-state index contributed by atoms with van der Waals surface area (Å²) in [6, 6.07) is 3.74. The van der Waals surface area contributed by atoms with Gasteiger partial charge in [0.1, 0.15) is 11.5 Å². The molecule has 1 aliphatic carbocycles. The molecule has 0 radical (unpaired) electrons. The van der Waals surface area contributed by atoms with E-state index in [1.54, 1.807) is 0 Å². The smallest absolute Gasteiger partial charge is 0.308 e. The minimum Gasteiger partial charge on any atom is -0.426 e. The molecule has 1 N–H and O–H groups in total. The van der Waals surface area contributed by atoms with Gasteiger partial charge in [-0.15, -0.1) is 0 Å². The van der Waals surface area contributed by atoms with E-state index in [2.05, 4.69) is 13.5 Å². The van der Waals surface area contributed by atoms with Crippen LogP contribution in [0, 0.1) is 5.92 Å². The molecule has 0 bridgehead atoms. The van der Waals surface area contributed by atoms with Crippen LogP contribution in [0.2, 0.25) is 0 Å². The summed E-state index contributed by atoms with van der Waals surface area (Å²) in [5.41, 5.74) is 3.54. The lowest BCUT2D eigenvalue weighted by Gasteiger charge is -2.33. The normalized spacial score (nSPS) is 18.7. The monoisotopic (exact) mass is 400 g/mol. The number of carbonyl (C=O) groups excluding carboxylic acids is 2. The summed E-state index contributed by atoms with van der Waals surface area (Å²) < 4.78 is 11.2. The zero-order chi connectivity index (χ0) is 21.6.